The fourth-order valence-corrected chi connectivity index (χ4v) is 0.904. The fourth-order valence-electron chi connectivity index (χ4n) is 0.767. The smallest absolute Gasteiger partial charge is 0.335 e. The van der Waals surface area contributed by atoms with E-state index in [9.17, 15) is 18.0 Å². The van der Waals surface area contributed by atoms with Gasteiger partial charge in [-0.25, -0.2) is 8.78 Å². The Hall–Kier alpha value is -1.23. The number of halogens is 4. The number of benzene rings is 1. The molecule has 0 heterocycles. The van der Waals surface area contributed by atoms with Crippen LogP contribution in [0.4, 0.5) is 18.9 Å². The Bertz CT molecular complexity index is 380. The van der Waals surface area contributed by atoms with Crippen molar-refractivity contribution < 1.29 is 18.0 Å². The summed E-state index contributed by atoms with van der Waals surface area (Å²) < 4.78 is 37.6. The van der Waals surface area contributed by atoms with Gasteiger partial charge in [-0.2, -0.15) is 4.39 Å². The predicted octanol–water partition coefficient (Wildman–Crippen LogP) is 2.31. The third-order valence-electron chi connectivity index (χ3n) is 1.40. The van der Waals surface area contributed by atoms with Crippen molar-refractivity contribution in [3.8, 4) is 0 Å². The SMILES string of the molecule is Nc1c(F)c(C(=O)F)cc(F)c1Cl. The summed E-state index contributed by atoms with van der Waals surface area (Å²) >= 11 is 5.19. The number of rotatable bonds is 1. The highest BCUT2D eigenvalue weighted by atomic mass is 35.5. The topological polar surface area (TPSA) is 43.1 Å². The van der Waals surface area contributed by atoms with Crippen molar-refractivity contribution in [2.45, 2.75) is 0 Å². The van der Waals surface area contributed by atoms with E-state index in [-0.39, 0.29) is 0 Å². The van der Waals surface area contributed by atoms with E-state index in [1.54, 1.807) is 0 Å². The Kier molecular flexibility index (Phi) is 2.47. The molecule has 13 heavy (non-hydrogen) atoms. The molecular weight excluding hydrogens is 207 g/mol. The number of nitrogens with two attached hydrogens (primary N) is 1. The minimum Gasteiger partial charge on any atom is -0.395 e. The monoisotopic (exact) mass is 209 g/mol. The van der Waals surface area contributed by atoms with Gasteiger partial charge in [-0.1, -0.05) is 11.6 Å². The molecule has 0 saturated carbocycles. The van der Waals surface area contributed by atoms with E-state index >= 15 is 0 Å². The summed E-state index contributed by atoms with van der Waals surface area (Å²) in [6, 6.07) is -1.74. The molecule has 0 aliphatic rings. The molecule has 0 aliphatic carbocycles. The lowest BCUT2D eigenvalue weighted by molar-refractivity contribution is 0.0831. The number of carbonyl (C=O) groups excluding carboxylic acids is 1. The molecule has 2 N–H and O–H groups in total. The summed E-state index contributed by atoms with van der Waals surface area (Å²) in [4.78, 5) is 10.1. The van der Waals surface area contributed by atoms with Gasteiger partial charge in [0.2, 0.25) is 0 Å². The molecule has 1 aromatic rings. The summed E-state index contributed by atoms with van der Waals surface area (Å²) in [5, 5.41) is -0.664. The molecule has 0 aliphatic heterocycles. The van der Waals surface area contributed by atoms with Crippen molar-refractivity contribution in [1.82, 2.24) is 0 Å². The largest absolute Gasteiger partial charge is 0.395 e. The van der Waals surface area contributed by atoms with Crippen LogP contribution in [-0.4, -0.2) is 6.04 Å². The van der Waals surface area contributed by atoms with Gasteiger partial charge in [-0.05, 0) is 6.07 Å². The maximum atomic E-state index is 12.9. The van der Waals surface area contributed by atoms with Gasteiger partial charge in [0.25, 0.3) is 0 Å². The molecule has 0 aromatic heterocycles. The van der Waals surface area contributed by atoms with Gasteiger partial charge in [0.1, 0.15) is 10.8 Å². The minimum absolute atomic E-state index is 0.357. The lowest BCUT2D eigenvalue weighted by atomic mass is 10.2. The van der Waals surface area contributed by atoms with Crippen LogP contribution >= 0.6 is 11.6 Å². The van der Waals surface area contributed by atoms with Crippen LogP contribution in [0, 0.1) is 11.6 Å². The average Bonchev–Trinajstić information content (AvgIpc) is 2.07. The molecule has 0 fully saturated rings. The van der Waals surface area contributed by atoms with Crippen LogP contribution in [0.5, 0.6) is 0 Å². The molecular formula is C7H3ClF3NO. The average molecular weight is 210 g/mol. The number of hydrogen-bond acceptors (Lipinski definition) is 2. The number of hydrogen-bond donors (Lipinski definition) is 1. The Labute approximate surface area is 76.1 Å². The zero-order valence-corrected chi connectivity index (χ0v) is 6.83. The van der Waals surface area contributed by atoms with Crippen molar-refractivity contribution in [2.24, 2.45) is 0 Å². The van der Waals surface area contributed by atoms with Crippen molar-refractivity contribution in [3.05, 3.63) is 28.3 Å². The summed E-state index contributed by atoms with van der Waals surface area (Å²) in [7, 11) is 0. The summed E-state index contributed by atoms with van der Waals surface area (Å²) in [6.07, 6.45) is 0. The first-order valence-electron chi connectivity index (χ1n) is 3.08. The quantitative estimate of drug-likeness (QED) is 0.438. The molecule has 0 bridgehead atoms. The number of nitrogen functional groups attached to an aromatic ring is 1. The third-order valence-corrected chi connectivity index (χ3v) is 1.79. The first-order chi connectivity index (χ1) is 5.95. The van der Waals surface area contributed by atoms with Crippen molar-refractivity contribution in [2.75, 3.05) is 5.73 Å². The van der Waals surface area contributed by atoms with E-state index < -0.39 is 33.9 Å². The maximum Gasteiger partial charge on any atom is 0.335 e. The Morgan fingerprint density at radius 1 is 1.46 bits per heavy atom. The molecule has 0 atom stereocenters. The van der Waals surface area contributed by atoms with Gasteiger partial charge in [-0.3, -0.25) is 4.79 Å². The minimum atomic E-state index is -2.10. The third kappa shape index (κ3) is 1.60. The fraction of sp³-hybridized carbons (Fsp3) is 0. The molecule has 2 nitrogen and oxygen atoms in total. The lowest BCUT2D eigenvalue weighted by Gasteiger charge is -2.03. The summed E-state index contributed by atoms with van der Waals surface area (Å²) in [5.74, 6) is -2.49. The second kappa shape index (κ2) is 3.26. The van der Waals surface area contributed by atoms with Crippen molar-refractivity contribution >= 4 is 23.3 Å². The Morgan fingerprint density at radius 2 is 2.00 bits per heavy atom. The normalized spacial score (nSPS) is 10.2. The molecule has 0 saturated heterocycles. The molecule has 1 aromatic carbocycles. The van der Waals surface area contributed by atoms with Crippen LogP contribution in [0.15, 0.2) is 6.07 Å². The van der Waals surface area contributed by atoms with Gasteiger partial charge < -0.3 is 5.73 Å². The van der Waals surface area contributed by atoms with Crippen molar-refractivity contribution in [3.63, 3.8) is 0 Å². The highest BCUT2D eigenvalue weighted by Gasteiger charge is 2.19. The number of carbonyl (C=O) groups is 1. The van der Waals surface area contributed by atoms with Crippen LogP contribution in [-0.2, 0) is 0 Å². The highest BCUT2D eigenvalue weighted by Crippen LogP contribution is 2.28. The van der Waals surface area contributed by atoms with E-state index in [0.29, 0.717) is 6.07 Å². The molecule has 1 rings (SSSR count). The second-order valence-corrected chi connectivity index (χ2v) is 2.60. The zero-order chi connectivity index (χ0) is 10.2. The van der Waals surface area contributed by atoms with Crippen molar-refractivity contribution in [1.29, 1.82) is 0 Å². The lowest BCUT2D eigenvalue weighted by Crippen LogP contribution is -2.03. The van der Waals surface area contributed by atoms with E-state index in [2.05, 4.69) is 0 Å². The maximum absolute atomic E-state index is 12.9. The molecule has 70 valence electrons. The molecule has 0 unspecified atom stereocenters. The molecule has 0 radical (unpaired) electrons. The number of anilines is 1. The standard InChI is InChI=1S/C7H3ClF3NO/c8-4-3(9)1-2(7(11)13)5(10)6(4)12/h1H,12H2. The van der Waals surface area contributed by atoms with E-state index in [0.717, 1.165) is 0 Å². The molecule has 6 heteroatoms. The van der Waals surface area contributed by atoms with E-state index in [1.807, 2.05) is 0 Å². The highest BCUT2D eigenvalue weighted by molar-refractivity contribution is 6.33. The Morgan fingerprint density at radius 3 is 2.46 bits per heavy atom. The van der Waals surface area contributed by atoms with Crippen LogP contribution in [0.2, 0.25) is 5.02 Å². The summed E-state index contributed by atoms with van der Waals surface area (Å²) in [6.45, 7) is 0. The molecule has 0 amide bonds. The van der Waals surface area contributed by atoms with Gasteiger partial charge in [0.15, 0.2) is 5.82 Å². The first kappa shape index (κ1) is 9.85. The van der Waals surface area contributed by atoms with Crippen LogP contribution in [0.3, 0.4) is 0 Å². The summed E-state index contributed by atoms with van der Waals surface area (Å²) in [5.41, 5.74) is 3.12. The van der Waals surface area contributed by atoms with Crippen LogP contribution in [0.25, 0.3) is 0 Å². The van der Waals surface area contributed by atoms with Gasteiger partial charge >= 0.3 is 6.04 Å². The second-order valence-electron chi connectivity index (χ2n) is 2.22. The van der Waals surface area contributed by atoms with Gasteiger partial charge in [0.05, 0.1) is 11.3 Å². The first-order valence-corrected chi connectivity index (χ1v) is 3.45. The predicted molar refractivity (Wildman–Crippen MR) is 41.2 cm³/mol. The van der Waals surface area contributed by atoms with Crippen LogP contribution < -0.4 is 5.73 Å². The van der Waals surface area contributed by atoms with Crippen LogP contribution in [0.1, 0.15) is 10.4 Å². The Balaban J connectivity index is 3.50. The van der Waals surface area contributed by atoms with Gasteiger partial charge in [-0.15, -0.1) is 0 Å². The van der Waals surface area contributed by atoms with Gasteiger partial charge in [0, 0.05) is 0 Å². The van der Waals surface area contributed by atoms with E-state index in [4.69, 9.17) is 17.3 Å². The molecule has 0 spiro atoms. The zero-order valence-electron chi connectivity index (χ0n) is 6.07. The van der Waals surface area contributed by atoms with E-state index in [1.165, 1.54) is 0 Å².